The molecule has 0 saturated carbocycles. The van der Waals surface area contributed by atoms with E-state index in [1.807, 2.05) is 0 Å². The zero-order chi connectivity index (χ0) is 84.0. The SMILES string of the molecule is CC(C)(C)c1cc(-c2ccccc2)c(N2c3cc(-n4c5ccccc5c5cc(C(C)(C)C)ccc54)ccc3B3c4ccc(-n5c6ccccc6c6cc(C(C)(C)C)ccc65)cc4N(c4c(-c5ccccc5)cc(C(C)(C)C)cc4-c4cccc(-c5cccc(-c6ccccc6)c5)c4)c4cccc2c43)c(-c2cccc(-c3cccc(-c4ccccc4)c3)c2)c1. The smallest absolute Gasteiger partial charge is 0.252 e. The van der Waals surface area contributed by atoms with Gasteiger partial charge in [0, 0.05) is 77.9 Å². The van der Waals surface area contributed by atoms with Crippen molar-refractivity contribution in [2.24, 2.45) is 0 Å². The average Bonchev–Trinajstić information content (AvgIpc) is 0.803. The molecular weight excluding hydrogens is 1480 g/mol. The molecule has 5 heteroatoms. The van der Waals surface area contributed by atoms with Crippen LogP contribution in [-0.2, 0) is 21.7 Å². The fraction of sp³-hybridized carbons (Fsp3) is 0.136. The van der Waals surface area contributed by atoms with Crippen molar-refractivity contribution < 1.29 is 0 Å². The number of benzene rings is 17. The van der Waals surface area contributed by atoms with Crippen LogP contribution in [0.1, 0.15) is 105 Å². The van der Waals surface area contributed by atoms with Gasteiger partial charge < -0.3 is 18.9 Å². The van der Waals surface area contributed by atoms with Crippen LogP contribution in [0, 0.1) is 0 Å². The molecule has 0 aliphatic carbocycles. The molecule has 0 fully saturated rings. The van der Waals surface area contributed by atoms with Crippen molar-refractivity contribution >= 4 is 101 Å². The van der Waals surface area contributed by atoms with Crippen molar-refractivity contribution in [2.75, 3.05) is 9.80 Å². The number of anilines is 6. The highest BCUT2D eigenvalue weighted by Crippen LogP contribution is 2.56. The van der Waals surface area contributed by atoms with Crippen LogP contribution in [0.25, 0.3) is 144 Å². The van der Waals surface area contributed by atoms with Crippen LogP contribution in [0.15, 0.2) is 382 Å². The Morgan fingerprint density at radius 3 is 0.837 bits per heavy atom. The molecule has 21 rings (SSSR count). The van der Waals surface area contributed by atoms with E-state index in [1.54, 1.807) is 0 Å². The Kier molecular flexibility index (Phi) is 18.3. The van der Waals surface area contributed by atoms with Gasteiger partial charge in [-0.3, -0.25) is 0 Å². The minimum Gasteiger partial charge on any atom is -0.310 e. The first-order valence-electron chi connectivity index (χ1n) is 43.6. The minimum absolute atomic E-state index is 0.0631. The van der Waals surface area contributed by atoms with Crippen LogP contribution in [0.3, 0.4) is 0 Å². The summed E-state index contributed by atoms with van der Waals surface area (Å²) in [7, 11) is 0. The summed E-state index contributed by atoms with van der Waals surface area (Å²) in [6.07, 6.45) is 0. The molecular formula is C118H99BN4. The van der Waals surface area contributed by atoms with Gasteiger partial charge in [-0.05, 0) is 248 Å². The Bertz CT molecular complexity index is 6960. The van der Waals surface area contributed by atoms with Crippen molar-refractivity contribution in [3.8, 4) is 100 Å². The second-order valence-electron chi connectivity index (χ2n) is 38.1. The molecule has 17 aromatic carbocycles. The third-order valence-electron chi connectivity index (χ3n) is 26.1. The summed E-state index contributed by atoms with van der Waals surface area (Å²) in [4.78, 5) is 5.45. The van der Waals surface area contributed by atoms with Crippen molar-refractivity contribution in [1.29, 1.82) is 0 Å². The molecule has 2 aromatic heterocycles. The van der Waals surface area contributed by atoms with Gasteiger partial charge in [-0.25, -0.2) is 0 Å². The van der Waals surface area contributed by atoms with E-state index in [1.165, 1.54) is 93.5 Å². The van der Waals surface area contributed by atoms with Gasteiger partial charge in [0.15, 0.2) is 0 Å². The van der Waals surface area contributed by atoms with Crippen LogP contribution in [0.4, 0.5) is 34.1 Å². The molecule has 123 heavy (non-hydrogen) atoms. The quantitative estimate of drug-likeness (QED) is 0.113. The van der Waals surface area contributed by atoms with Crippen molar-refractivity contribution in [1.82, 2.24) is 9.13 Å². The first-order chi connectivity index (χ1) is 59.5. The average molecular weight is 1580 g/mol. The molecule has 0 saturated heterocycles. The van der Waals surface area contributed by atoms with Gasteiger partial charge in [-0.2, -0.15) is 0 Å². The summed E-state index contributed by atoms with van der Waals surface area (Å²) in [5.41, 5.74) is 40.1. The van der Waals surface area contributed by atoms with Crippen LogP contribution < -0.4 is 26.2 Å². The van der Waals surface area contributed by atoms with Gasteiger partial charge in [0.1, 0.15) is 0 Å². The first kappa shape index (κ1) is 76.4. The topological polar surface area (TPSA) is 16.3 Å². The maximum atomic E-state index is 2.72. The largest absolute Gasteiger partial charge is 0.310 e. The standard InChI is InChI=1S/C118H99BN4/c1-115(2,3)88-56-62-106-100(68-88)94-50-25-27-52-104(94)120(106)92-58-60-102-110(74-92)122(113-96(78-38-21-15-22-39-78)70-90(117(7,8)9)72-98(113)86-48-31-46-84(66-86)82-44-29-42-80(64-82)76-34-17-13-18-35-76)108-54-33-55-109-112(108)119(102)103-61-59-93(121-105-53-28-26-51-95(105)101-69-89(116(4,5)6)57-63-107(101)121)75-111(103)123(109)114-97(79-40-23-16-24-41-79)71-91(118(10,11)12)73-99(114)87-49-32-47-85(67-87)83-45-30-43-81(65-83)77-36-19-14-20-37-77/h13-75H,1-12H3. The highest BCUT2D eigenvalue weighted by Gasteiger charge is 2.46. The molecule has 0 atom stereocenters. The van der Waals surface area contributed by atoms with E-state index in [4.69, 9.17) is 0 Å². The molecule has 0 N–H and O–H groups in total. The van der Waals surface area contributed by atoms with E-state index in [2.05, 4.69) is 484 Å². The summed E-state index contributed by atoms with van der Waals surface area (Å²) in [5.74, 6) is 0. The normalized spacial score (nSPS) is 12.8. The number of rotatable bonds is 12. The zero-order valence-electron chi connectivity index (χ0n) is 72.2. The van der Waals surface area contributed by atoms with E-state index >= 15 is 0 Å². The predicted molar refractivity (Wildman–Crippen MR) is 527 cm³/mol. The molecule has 0 unspecified atom stereocenters. The molecule has 0 spiro atoms. The molecule has 0 bridgehead atoms. The number of nitrogens with zero attached hydrogens (tertiary/aromatic N) is 4. The Morgan fingerprint density at radius 2 is 0.480 bits per heavy atom. The van der Waals surface area contributed by atoms with Gasteiger partial charge in [0.2, 0.25) is 0 Å². The molecule has 2 aliphatic rings. The fourth-order valence-electron chi connectivity index (χ4n) is 19.6. The Labute approximate surface area is 724 Å². The van der Waals surface area contributed by atoms with Crippen molar-refractivity contribution in [2.45, 2.75) is 105 Å². The Morgan fingerprint density at radius 1 is 0.195 bits per heavy atom. The van der Waals surface area contributed by atoms with Gasteiger partial charge in [0.25, 0.3) is 6.71 Å². The molecule has 594 valence electrons. The summed E-state index contributed by atoms with van der Waals surface area (Å²) in [5, 5.41) is 4.94. The Balaban J connectivity index is 0.897. The van der Waals surface area contributed by atoms with Crippen LogP contribution in [-0.4, -0.2) is 15.8 Å². The summed E-state index contributed by atoms with van der Waals surface area (Å²) >= 11 is 0. The van der Waals surface area contributed by atoms with E-state index in [0.717, 1.165) is 123 Å². The lowest BCUT2D eigenvalue weighted by molar-refractivity contribution is 0.590. The van der Waals surface area contributed by atoms with Gasteiger partial charge in [0.05, 0.1) is 33.4 Å². The number of aromatic nitrogens is 2. The van der Waals surface area contributed by atoms with E-state index in [-0.39, 0.29) is 28.4 Å². The lowest BCUT2D eigenvalue weighted by Crippen LogP contribution is -2.61. The summed E-state index contributed by atoms with van der Waals surface area (Å²) < 4.78 is 5.08. The molecule has 4 heterocycles. The lowest BCUT2D eigenvalue weighted by Gasteiger charge is -2.46. The van der Waals surface area contributed by atoms with E-state index < -0.39 is 0 Å². The monoisotopic (exact) mass is 1580 g/mol. The molecule has 19 aromatic rings. The second-order valence-corrected chi connectivity index (χ2v) is 38.1. The van der Waals surface area contributed by atoms with E-state index in [0.29, 0.717) is 0 Å². The third-order valence-corrected chi connectivity index (χ3v) is 26.1. The highest BCUT2D eigenvalue weighted by atomic mass is 15.2. The number of para-hydroxylation sites is 2. The minimum atomic E-state index is -0.285. The van der Waals surface area contributed by atoms with Gasteiger partial charge in [-0.1, -0.05) is 344 Å². The van der Waals surface area contributed by atoms with Crippen LogP contribution in [0.2, 0.25) is 0 Å². The summed E-state index contributed by atoms with van der Waals surface area (Å²) in [6.45, 7) is 27.9. The van der Waals surface area contributed by atoms with Crippen LogP contribution >= 0.6 is 0 Å². The number of fused-ring (bicyclic) bond motifs is 10. The highest BCUT2D eigenvalue weighted by molar-refractivity contribution is 7.00. The third kappa shape index (κ3) is 13.3. The van der Waals surface area contributed by atoms with Gasteiger partial charge >= 0.3 is 0 Å². The van der Waals surface area contributed by atoms with Gasteiger partial charge in [-0.15, -0.1) is 0 Å². The summed E-state index contributed by atoms with van der Waals surface area (Å²) in [6, 6.07) is 146. The fourth-order valence-corrected chi connectivity index (χ4v) is 19.6. The molecule has 4 nitrogen and oxygen atoms in total. The van der Waals surface area contributed by atoms with Crippen molar-refractivity contribution in [3.63, 3.8) is 0 Å². The molecule has 0 amide bonds. The predicted octanol–water partition coefficient (Wildman–Crippen LogP) is 30.5. The zero-order valence-corrected chi connectivity index (χ0v) is 72.2. The lowest BCUT2D eigenvalue weighted by atomic mass is 9.33. The van der Waals surface area contributed by atoms with Crippen LogP contribution in [0.5, 0.6) is 0 Å². The first-order valence-corrected chi connectivity index (χ1v) is 43.6. The number of hydrogen-bond donors (Lipinski definition) is 0. The maximum Gasteiger partial charge on any atom is 0.252 e. The van der Waals surface area contributed by atoms with E-state index in [9.17, 15) is 0 Å². The molecule has 0 radical (unpaired) electrons. The molecule has 2 aliphatic heterocycles. The number of hydrogen-bond acceptors (Lipinski definition) is 2. The van der Waals surface area contributed by atoms with Crippen molar-refractivity contribution in [3.05, 3.63) is 404 Å². The Hall–Kier alpha value is -14.0. The maximum absolute atomic E-state index is 2.72. The second kappa shape index (κ2) is 29.4.